The topological polar surface area (TPSA) is 67.6 Å². The molecule has 0 amide bonds. The van der Waals surface area contributed by atoms with Crippen LogP contribution in [0, 0.1) is 12.7 Å². The van der Waals surface area contributed by atoms with Crippen molar-refractivity contribution in [1.29, 1.82) is 0 Å². The Labute approximate surface area is 175 Å². The van der Waals surface area contributed by atoms with Crippen LogP contribution in [-0.2, 0) is 0 Å². The fourth-order valence-electron chi connectivity index (χ4n) is 3.69. The summed E-state index contributed by atoms with van der Waals surface area (Å²) in [6.45, 7) is 1.83. The summed E-state index contributed by atoms with van der Waals surface area (Å²) in [7, 11) is 0. The maximum atomic E-state index is 14.1. The highest BCUT2D eigenvalue weighted by atomic mass is 19.4. The quantitative estimate of drug-likeness (QED) is 0.463. The smallest absolute Gasteiger partial charge is 0.422 e. The van der Waals surface area contributed by atoms with E-state index in [2.05, 4.69) is 15.0 Å². The summed E-state index contributed by atoms with van der Waals surface area (Å²) < 4.78 is 61.3. The Morgan fingerprint density at radius 2 is 2.00 bits per heavy atom. The normalized spacial score (nSPS) is 18.6. The van der Waals surface area contributed by atoms with Crippen LogP contribution in [0.25, 0.3) is 10.9 Å². The third kappa shape index (κ3) is 4.10. The van der Waals surface area contributed by atoms with Crippen molar-refractivity contribution in [2.75, 3.05) is 6.61 Å². The van der Waals surface area contributed by atoms with Crippen molar-refractivity contribution >= 4 is 22.8 Å². The summed E-state index contributed by atoms with van der Waals surface area (Å²) in [6, 6.07) is 9.14. The molecular weight excluding hydrogens is 414 g/mol. The lowest BCUT2D eigenvalue weighted by Gasteiger charge is -2.33. The molecule has 2 unspecified atom stereocenters. The summed E-state index contributed by atoms with van der Waals surface area (Å²) in [5.74, 6) is -0.377. The predicted molar refractivity (Wildman–Crippen MR) is 107 cm³/mol. The van der Waals surface area contributed by atoms with Gasteiger partial charge in [-0.3, -0.25) is 4.99 Å². The molecule has 0 bridgehead atoms. The molecule has 162 valence electrons. The van der Waals surface area contributed by atoms with E-state index >= 15 is 0 Å². The SMILES string of the molecule is Cc1ncc2c(/N=C\C(O)(CC3CCOc4ccccc43)C(F)(F)F)ccc(F)c2n1. The van der Waals surface area contributed by atoms with E-state index in [4.69, 9.17) is 4.74 Å². The van der Waals surface area contributed by atoms with Gasteiger partial charge in [-0.15, -0.1) is 0 Å². The summed E-state index contributed by atoms with van der Waals surface area (Å²) in [6.07, 6.45) is -3.47. The van der Waals surface area contributed by atoms with Crippen molar-refractivity contribution in [3.63, 3.8) is 0 Å². The Hall–Kier alpha value is -3.07. The molecule has 1 aliphatic rings. The molecule has 2 aromatic carbocycles. The Bertz CT molecular complexity index is 1150. The van der Waals surface area contributed by atoms with Gasteiger partial charge in [0.05, 0.1) is 12.3 Å². The number of hydrogen-bond acceptors (Lipinski definition) is 5. The largest absolute Gasteiger partial charge is 0.493 e. The van der Waals surface area contributed by atoms with Crippen molar-refractivity contribution in [1.82, 2.24) is 9.97 Å². The minimum atomic E-state index is -4.97. The monoisotopic (exact) mass is 433 g/mol. The summed E-state index contributed by atoms with van der Waals surface area (Å²) in [5.41, 5.74) is -2.59. The first-order valence-electron chi connectivity index (χ1n) is 9.66. The average molecular weight is 433 g/mol. The number of ether oxygens (including phenoxy) is 1. The fourth-order valence-corrected chi connectivity index (χ4v) is 3.69. The van der Waals surface area contributed by atoms with Crippen LogP contribution in [0.1, 0.15) is 30.1 Å². The number of para-hydroxylation sites is 1. The second-order valence-electron chi connectivity index (χ2n) is 7.50. The highest BCUT2D eigenvalue weighted by molar-refractivity contribution is 5.91. The van der Waals surface area contributed by atoms with Crippen LogP contribution in [0.4, 0.5) is 23.2 Å². The average Bonchev–Trinajstić information content (AvgIpc) is 2.73. The zero-order chi connectivity index (χ0) is 22.2. The number of aromatic nitrogens is 2. The van der Waals surface area contributed by atoms with Gasteiger partial charge in [0.15, 0.2) is 5.60 Å². The van der Waals surface area contributed by atoms with Gasteiger partial charge in [-0.1, -0.05) is 18.2 Å². The molecule has 1 N–H and O–H groups in total. The van der Waals surface area contributed by atoms with Crippen molar-refractivity contribution in [2.24, 2.45) is 4.99 Å². The van der Waals surface area contributed by atoms with Gasteiger partial charge in [0.1, 0.15) is 22.9 Å². The Morgan fingerprint density at radius 3 is 2.77 bits per heavy atom. The second kappa shape index (κ2) is 7.88. The number of aryl methyl sites for hydroxylation is 1. The van der Waals surface area contributed by atoms with E-state index in [9.17, 15) is 22.7 Å². The molecule has 0 fully saturated rings. The van der Waals surface area contributed by atoms with Crippen LogP contribution in [0.3, 0.4) is 0 Å². The van der Waals surface area contributed by atoms with Gasteiger partial charge in [-0.25, -0.2) is 14.4 Å². The molecule has 1 aromatic heterocycles. The first-order valence-corrected chi connectivity index (χ1v) is 9.66. The molecule has 1 aliphatic heterocycles. The number of halogens is 4. The van der Waals surface area contributed by atoms with Crippen LogP contribution in [0.15, 0.2) is 47.6 Å². The molecule has 3 aromatic rings. The van der Waals surface area contributed by atoms with Crippen LogP contribution < -0.4 is 4.74 Å². The lowest BCUT2D eigenvalue weighted by Crippen LogP contribution is -2.48. The van der Waals surface area contributed by atoms with Gasteiger partial charge >= 0.3 is 6.18 Å². The Kier molecular flexibility index (Phi) is 5.38. The molecule has 0 spiro atoms. The van der Waals surface area contributed by atoms with Gasteiger partial charge in [0.2, 0.25) is 0 Å². The van der Waals surface area contributed by atoms with Crippen molar-refractivity contribution < 1.29 is 27.4 Å². The predicted octanol–water partition coefficient (Wildman–Crippen LogP) is 5.03. The number of hydrogen-bond donors (Lipinski definition) is 1. The van der Waals surface area contributed by atoms with Gasteiger partial charge in [0, 0.05) is 17.8 Å². The van der Waals surface area contributed by atoms with Gasteiger partial charge in [0.25, 0.3) is 0 Å². The minimum Gasteiger partial charge on any atom is -0.493 e. The third-order valence-electron chi connectivity index (χ3n) is 5.35. The molecule has 0 aliphatic carbocycles. The molecule has 4 rings (SSSR count). The fraction of sp³-hybridized carbons (Fsp3) is 0.318. The molecule has 5 nitrogen and oxygen atoms in total. The van der Waals surface area contributed by atoms with Gasteiger partial charge in [-0.05, 0) is 49.4 Å². The maximum absolute atomic E-state index is 14.1. The molecule has 2 atom stereocenters. The summed E-state index contributed by atoms with van der Waals surface area (Å²) in [4.78, 5) is 11.9. The minimum absolute atomic E-state index is 0.0338. The number of alkyl halides is 3. The van der Waals surface area contributed by atoms with Gasteiger partial charge < -0.3 is 9.84 Å². The standard InChI is InChI=1S/C22H19F4N3O2/c1-13-27-11-16-18(7-6-17(23)20(16)29-13)28-12-21(30,22(24,25)26)10-14-8-9-31-19-5-3-2-4-15(14)19/h2-7,11-12,14,30H,8-10H2,1H3/b28-12-. The van der Waals surface area contributed by atoms with E-state index in [0.29, 0.717) is 29.8 Å². The first-order chi connectivity index (χ1) is 14.7. The lowest BCUT2D eigenvalue weighted by molar-refractivity contribution is -0.232. The number of rotatable bonds is 4. The molecule has 31 heavy (non-hydrogen) atoms. The second-order valence-corrected chi connectivity index (χ2v) is 7.50. The van der Waals surface area contributed by atoms with Crippen molar-refractivity contribution in [2.45, 2.75) is 37.5 Å². The third-order valence-corrected chi connectivity index (χ3v) is 5.35. The van der Waals surface area contributed by atoms with E-state index in [1.165, 1.54) is 12.3 Å². The van der Waals surface area contributed by atoms with E-state index in [1.54, 1.807) is 31.2 Å². The molecule has 0 saturated carbocycles. The number of nitrogens with zero attached hydrogens (tertiary/aromatic N) is 3. The zero-order valence-electron chi connectivity index (χ0n) is 16.5. The Morgan fingerprint density at radius 1 is 1.23 bits per heavy atom. The van der Waals surface area contributed by atoms with E-state index in [-0.39, 0.29) is 23.2 Å². The van der Waals surface area contributed by atoms with Crippen LogP contribution in [0.5, 0.6) is 5.75 Å². The first kappa shape index (κ1) is 21.2. The molecule has 2 heterocycles. The van der Waals surface area contributed by atoms with Crippen molar-refractivity contribution in [3.05, 3.63) is 59.8 Å². The van der Waals surface area contributed by atoms with E-state index in [1.807, 2.05) is 0 Å². The molecular formula is C22H19F4N3O2. The molecule has 0 radical (unpaired) electrons. The number of aliphatic imine (C=N–C) groups is 1. The highest BCUT2D eigenvalue weighted by Gasteiger charge is 2.54. The van der Waals surface area contributed by atoms with Gasteiger partial charge in [-0.2, -0.15) is 13.2 Å². The van der Waals surface area contributed by atoms with Crippen LogP contribution in [0.2, 0.25) is 0 Å². The lowest BCUT2D eigenvalue weighted by atomic mass is 9.82. The summed E-state index contributed by atoms with van der Waals surface area (Å²) >= 11 is 0. The number of benzene rings is 2. The Balaban J connectivity index is 1.71. The molecule has 0 saturated heterocycles. The maximum Gasteiger partial charge on any atom is 0.422 e. The van der Waals surface area contributed by atoms with Crippen LogP contribution in [-0.4, -0.2) is 39.7 Å². The number of fused-ring (bicyclic) bond motifs is 2. The van der Waals surface area contributed by atoms with E-state index < -0.39 is 29.9 Å². The highest BCUT2D eigenvalue weighted by Crippen LogP contribution is 2.43. The van der Waals surface area contributed by atoms with Crippen LogP contribution >= 0.6 is 0 Å². The summed E-state index contributed by atoms with van der Waals surface area (Å²) in [5, 5.41) is 10.8. The van der Waals surface area contributed by atoms with E-state index in [0.717, 1.165) is 6.07 Å². The van der Waals surface area contributed by atoms with Crippen molar-refractivity contribution in [3.8, 4) is 5.75 Å². The molecule has 9 heteroatoms. The number of aliphatic hydroxyl groups is 1. The zero-order valence-corrected chi connectivity index (χ0v) is 16.5.